The molecule has 714 valence electrons. The third kappa shape index (κ3) is 35.4. The van der Waals surface area contributed by atoms with Crippen LogP contribution >= 0.6 is 0 Å². The van der Waals surface area contributed by atoms with Crippen LogP contribution in [0.15, 0.2) is 180 Å². The molecule has 2 fully saturated rings. The standard InChI is InChI=1S/C79H107N19O23.C10H18/c1-5-41(2)65-76(118)83-39-62(104)88-52(32-45-18-22-48(100)23-19-45)71(113)91-55(35-63(105)106)72(114)89-51(26-27-60(81)102)69(111)94-57(36-64(107)108)79(121)98-30-12-17-59(98)75(117)96-66(43(4)99)77(119)84-38-61(103)87-50(15-9-10-28-80)68(110)93-56(33-46-20-24-49(101)25-21-46)78(120)97-29-11-16-58(97)74(116)92-54(34-47-37-82-40-85-47)70(112)86-42(3)67(109)90-53(73(115)95-65)31-44-13-7-6-8-14-44;1-5-10(4)8-6-7-9(2)3/h6-8,13-14,18-25,37,40-43,50-59,65-66,99-101H,5,9-12,15-17,26-36,38-39,80H2,1-4H3,(H2,81,102)(H,82,85)(H,83,118)(H,84,119)(H,86,112)(H,87,103)(H,88,104)(H,89,114)(H,90,109)(H,91,113)(H,92,116)(H,93,110)(H,94,111)(H,95,115)(H,96,117)(H,105,106)(H,107,108);5,7H,6,8H2,1-4H3/b;10-5+/t41-,42-,43+,50-,51-,52-,53-,54-,55-,56-,57-,58-,59-,65-,66-;/m0./s1. The van der Waals surface area contributed by atoms with Crippen LogP contribution in [-0.2, 0) is 44.9 Å². The molecule has 3 aliphatic rings. The Labute approximate surface area is 757 Å². The average Bonchev–Trinajstić information content (AvgIpc) is 1.71. The SMILES string of the molecule is C/C=C(\C)CCC=C(C)C.CC[C@H](C)[C@@H]1N=C(O)[C@H](Cc2ccccc2)N=C(O)[C@H](C)N=C(O)[C@H](Cc2cnc[nH]2)N=C(O)[C@@H]2CCCN2C(=O)[C@H](Cc2ccc(O)cc2)N=C(O)[C@H](CCCCN)N=C(O)CN=C(O)[C@H]([C@@H](C)O)N=C(O)[C@@H]2CCCN2C(=O)[C@H](CC(=O)O)N=C(O)[C@H](CCC(=N)O)N=C(O)[C@H](CC(=O)O)N=C(O)[C@H](Cc2ccc(O)cc2)N=C(O)CN=C1O. The Morgan fingerprint density at radius 2 is 0.947 bits per heavy atom. The highest BCUT2D eigenvalue weighted by Crippen LogP contribution is 2.28. The topological polar surface area (TPSA) is 698 Å². The largest absolute Gasteiger partial charge is 0.508 e. The number of fused-ring (bicyclic) bond motifs is 2. The van der Waals surface area contributed by atoms with Crippen LogP contribution in [0, 0.1) is 11.3 Å². The molecule has 0 bridgehead atoms. The van der Waals surface area contributed by atoms with E-state index < -0.39 is 242 Å². The molecular weight excluding hydrogens is 1700 g/mol. The summed E-state index contributed by atoms with van der Waals surface area (Å²) in [5.41, 5.74) is 10.4. The summed E-state index contributed by atoms with van der Waals surface area (Å²) in [7, 11) is 0. The number of hydrogen-bond donors (Lipinski definition) is 22. The number of H-pyrrole nitrogens is 1. The van der Waals surface area contributed by atoms with E-state index in [1.54, 1.807) is 44.2 Å². The first kappa shape index (κ1) is 106. The number of imidazole rings is 1. The van der Waals surface area contributed by atoms with Crippen LogP contribution in [0.25, 0.3) is 0 Å². The number of aliphatic imine (C=N–C) groups is 13. The zero-order valence-electron chi connectivity index (χ0n) is 74.6. The van der Waals surface area contributed by atoms with Crippen molar-refractivity contribution in [3.8, 4) is 11.5 Å². The van der Waals surface area contributed by atoms with E-state index in [1.807, 2.05) is 0 Å². The smallest absolute Gasteiger partial charge is 0.306 e. The number of hydrogen-bond acceptors (Lipinski definition) is 23. The van der Waals surface area contributed by atoms with Gasteiger partial charge in [0.1, 0.15) is 97.1 Å². The molecule has 0 spiro atoms. The number of unbranched alkanes of at least 4 members (excludes halogenated alkanes) is 1. The lowest BCUT2D eigenvalue weighted by molar-refractivity contribution is -0.142. The van der Waals surface area contributed by atoms with Gasteiger partial charge in [0, 0.05) is 57.1 Å². The quantitative estimate of drug-likeness (QED) is 0.0127. The summed E-state index contributed by atoms with van der Waals surface area (Å²) in [5, 5.41) is 222. The van der Waals surface area contributed by atoms with Gasteiger partial charge in [-0.1, -0.05) is 98.2 Å². The molecule has 3 aliphatic heterocycles. The number of carbonyl (C=O) groups excluding carboxylic acids is 2. The number of aliphatic hydroxyl groups is 15. The highest BCUT2D eigenvalue weighted by atomic mass is 16.4. The number of carboxylic acids is 2. The number of carboxylic acid groups (broad SMARTS) is 2. The summed E-state index contributed by atoms with van der Waals surface area (Å²) in [6, 6.07) is -1.79. The zero-order chi connectivity index (χ0) is 96.7. The lowest BCUT2D eigenvalue weighted by Crippen LogP contribution is -2.47. The fourth-order valence-electron chi connectivity index (χ4n) is 13.9. The second-order valence-electron chi connectivity index (χ2n) is 32.2. The Hall–Kier alpha value is -13.7. The van der Waals surface area contributed by atoms with Crippen LogP contribution in [0.5, 0.6) is 11.5 Å². The van der Waals surface area contributed by atoms with Crippen LogP contribution < -0.4 is 5.73 Å². The van der Waals surface area contributed by atoms with Crippen molar-refractivity contribution >= 4 is 106 Å². The van der Waals surface area contributed by atoms with Crippen LogP contribution in [0.2, 0.25) is 0 Å². The molecule has 4 aromatic rings. The maximum absolute atomic E-state index is 15.2. The van der Waals surface area contributed by atoms with Crippen molar-refractivity contribution < 1.29 is 116 Å². The van der Waals surface area contributed by atoms with Crippen LogP contribution in [-0.4, -0.2) is 340 Å². The molecule has 23 N–H and O–H groups in total. The minimum atomic E-state index is -2.13. The van der Waals surface area contributed by atoms with Gasteiger partial charge in [-0.2, -0.15) is 0 Å². The molecule has 7 rings (SSSR count). The van der Waals surface area contributed by atoms with Gasteiger partial charge in [-0.15, -0.1) is 0 Å². The van der Waals surface area contributed by atoms with Gasteiger partial charge in [-0.25, -0.2) is 69.9 Å². The number of nitrogens with two attached hydrogens (primary N) is 1. The number of aliphatic hydroxyl groups excluding tert-OH is 15. The molecule has 0 aliphatic carbocycles. The van der Waals surface area contributed by atoms with E-state index in [4.69, 9.17) is 11.1 Å². The van der Waals surface area contributed by atoms with E-state index in [0.29, 0.717) is 28.8 Å². The van der Waals surface area contributed by atoms with Crippen LogP contribution in [0.4, 0.5) is 0 Å². The molecule has 4 heterocycles. The maximum atomic E-state index is 15.2. The number of phenols is 2. The summed E-state index contributed by atoms with van der Waals surface area (Å²) in [6.45, 7) is 12.6. The van der Waals surface area contributed by atoms with Crippen molar-refractivity contribution in [2.45, 2.75) is 256 Å². The van der Waals surface area contributed by atoms with E-state index in [-0.39, 0.29) is 95.3 Å². The number of rotatable bonds is 25. The highest BCUT2D eigenvalue weighted by Gasteiger charge is 2.41. The van der Waals surface area contributed by atoms with E-state index in [1.165, 1.54) is 96.9 Å². The first-order valence-electron chi connectivity index (χ1n) is 43.1. The van der Waals surface area contributed by atoms with Gasteiger partial charge in [0.2, 0.25) is 88.5 Å². The summed E-state index contributed by atoms with van der Waals surface area (Å²) in [6.07, 6.45) is 4.43. The molecule has 131 heavy (non-hydrogen) atoms. The number of aromatic amines is 1. The number of aromatic nitrogens is 2. The summed E-state index contributed by atoms with van der Waals surface area (Å²) in [5.74, 6) is -19.3. The van der Waals surface area contributed by atoms with Gasteiger partial charge in [0.05, 0.1) is 25.3 Å². The Bertz CT molecular complexity index is 4910. The van der Waals surface area contributed by atoms with Crippen molar-refractivity contribution in [2.24, 2.45) is 76.6 Å². The van der Waals surface area contributed by atoms with Crippen molar-refractivity contribution in [3.63, 3.8) is 0 Å². The van der Waals surface area contributed by atoms with Crippen LogP contribution in [0.1, 0.15) is 168 Å². The van der Waals surface area contributed by atoms with Crippen molar-refractivity contribution in [2.75, 3.05) is 32.7 Å². The predicted octanol–water partition coefficient (Wildman–Crippen LogP) is 10.1. The lowest BCUT2D eigenvalue weighted by atomic mass is 9.99. The summed E-state index contributed by atoms with van der Waals surface area (Å²) >= 11 is 0. The fraction of sp³-hybridized carbons (Fsp3) is 0.517. The highest BCUT2D eigenvalue weighted by molar-refractivity contribution is 5.98. The third-order valence-corrected chi connectivity index (χ3v) is 21.4. The number of benzene rings is 3. The third-order valence-electron chi connectivity index (χ3n) is 21.4. The van der Waals surface area contributed by atoms with E-state index in [9.17, 15) is 111 Å². The molecule has 0 radical (unpaired) electrons. The average molecular weight is 1830 g/mol. The Kier molecular flexibility index (Phi) is 43.2. The summed E-state index contributed by atoms with van der Waals surface area (Å²) in [4.78, 5) is 119. The van der Waals surface area contributed by atoms with E-state index in [2.05, 4.69) is 115 Å². The van der Waals surface area contributed by atoms with Crippen molar-refractivity contribution in [1.82, 2.24) is 19.8 Å². The minimum Gasteiger partial charge on any atom is -0.508 e. The molecular formula is C89H125N19O23. The maximum Gasteiger partial charge on any atom is 0.306 e. The number of carbonyl (C=O) groups is 4. The molecule has 42 heteroatoms. The number of aliphatic carboxylic acids is 2. The van der Waals surface area contributed by atoms with Crippen molar-refractivity contribution in [1.29, 1.82) is 5.41 Å². The van der Waals surface area contributed by atoms with Gasteiger partial charge >= 0.3 is 11.9 Å². The lowest BCUT2D eigenvalue weighted by Gasteiger charge is -2.27. The number of phenolic OH excluding ortho intramolecular Hbond substituents is 2. The fourth-order valence-corrected chi connectivity index (χ4v) is 13.9. The number of nitrogens with zero attached hydrogens (tertiary/aromatic N) is 16. The molecule has 15 atom stereocenters. The molecule has 3 aromatic carbocycles. The number of amides is 2. The van der Waals surface area contributed by atoms with Crippen molar-refractivity contribution in [3.05, 3.63) is 137 Å². The van der Waals surface area contributed by atoms with Gasteiger partial charge in [-0.3, -0.25) is 24.6 Å². The number of nitrogens with one attached hydrogen (secondary N) is 2. The molecule has 0 unspecified atom stereocenters. The monoisotopic (exact) mass is 1830 g/mol. The van der Waals surface area contributed by atoms with Gasteiger partial charge in [0.25, 0.3) is 0 Å². The Balaban J connectivity index is 0.00000248. The first-order valence-corrected chi connectivity index (χ1v) is 43.1. The number of allylic oxidation sites excluding steroid dienone is 4. The van der Waals surface area contributed by atoms with Gasteiger partial charge < -0.3 is 118 Å². The zero-order valence-corrected chi connectivity index (χ0v) is 74.6. The second kappa shape index (κ2) is 53.3. The second-order valence-corrected chi connectivity index (χ2v) is 32.2. The Morgan fingerprint density at radius 1 is 0.511 bits per heavy atom. The minimum absolute atomic E-state index is 0.000134. The molecule has 0 saturated carbocycles. The molecule has 1 aromatic heterocycles. The number of aromatic hydroxyl groups is 2. The van der Waals surface area contributed by atoms with Crippen LogP contribution in [0.3, 0.4) is 0 Å². The molecule has 42 nitrogen and oxygen atoms in total. The molecule has 2 amide bonds. The van der Waals surface area contributed by atoms with E-state index in [0.717, 1.165) is 11.8 Å². The predicted molar refractivity (Wildman–Crippen MR) is 500 cm³/mol. The normalized spacial score (nSPS) is 24.1. The van der Waals surface area contributed by atoms with Gasteiger partial charge in [0.15, 0.2) is 11.9 Å². The first-order chi connectivity index (χ1) is 62.2. The Morgan fingerprint density at radius 3 is 1.47 bits per heavy atom. The molecule has 2 saturated heterocycles. The summed E-state index contributed by atoms with van der Waals surface area (Å²) < 4.78 is 0. The van der Waals surface area contributed by atoms with E-state index >= 15 is 4.79 Å². The van der Waals surface area contributed by atoms with Gasteiger partial charge in [-0.05, 0) is 159 Å².